The number of nitrogens with zero attached hydrogens (tertiary/aromatic N) is 1. The third-order valence-corrected chi connectivity index (χ3v) is 4.29. The second-order valence-electron chi connectivity index (χ2n) is 4.63. The van der Waals surface area contributed by atoms with E-state index in [4.69, 9.17) is 0 Å². The Morgan fingerprint density at radius 1 is 1.60 bits per heavy atom. The van der Waals surface area contributed by atoms with Crippen LogP contribution in [0.4, 0.5) is 0 Å². The van der Waals surface area contributed by atoms with Gasteiger partial charge in [0, 0.05) is 17.5 Å². The highest BCUT2D eigenvalue weighted by Gasteiger charge is 2.33. The van der Waals surface area contributed by atoms with E-state index >= 15 is 0 Å². The SMILES string of the molecule is CCC(CCCSc1nc(C)cc(=O)[nH]1)(NC)C(=O)O. The van der Waals surface area contributed by atoms with Crippen LogP contribution in [-0.4, -0.2) is 39.4 Å². The van der Waals surface area contributed by atoms with Crippen molar-refractivity contribution >= 4 is 17.7 Å². The number of hydrogen-bond acceptors (Lipinski definition) is 5. The zero-order valence-corrected chi connectivity index (χ0v) is 12.8. The van der Waals surface area contributed by atoms with Crippen LogP contribution in [-0.2, 0) is 4.79 Å². The first-order chi connectivity index (χ1) is 9.43. The molecule has 0 aliphatic rings. The van der Waals surface area contributed by atoms with Crippen LogP contribution in [0.3, 0.4) is 0 Å². The average Bonchev–Trinajstić information content (AvgIpc) is 2.38. The number of aryl methyl sites for hydroxylation is 1. The van der Waals surface area contributed by atoms with Crippen LogP contribution in [0, 0.1) is 6.92 Å². The third-order valence-electron chi connectivity index (χ3n) is 3.33. The number of aliphatic carboxylic acids is 1. The second-order valence-corrected chi connectivity index (χ2v) is 5.72. The average molecular weight is 299 g/mol. The van der Waals surface area contributed by atoms with Gasteiger partial charge >= 0.3 is 5.97 Å². The fraction of sp³-hybridized carbons (Fsp3) is 0.615. The minimum absolute atomic E-state index is 0.163. The van der Waals surface area contributed by atoms with Crippen LogP contribution in [0.2, 0.25) is 0 Å². The number of thioether (sulfide) groups is 1. The number of rotatable bonds is 8. The summed E-state index contributed by atoms with van der Waals surface area (Å²) in [6.45, 7) is 3.63. The van der Waals surface area contributed by atoms with Crippen molar-refractivity contribution in [2.75, 3.05) is 12.8 Å². The van der Waals surface area contributed by atoms with Gasteiger partial charge in [0.1, 0.15) is 5.54 Å². The summed E-state index contributed by atoms with van der Waals surface area (Å²) in [4.78, 5) is 29.5. The van der Waals surface area contributed by atoms with E-state index in [0.29, 0.717) is 29.4 Å². The Kier molecular flexibility index (Phi) is 6.22. The molecule has 0 saturated heterocycles. The van der Waals surface area contributed by atoms with Crippen molar-refractivity contribution in [2.45, 2.75) is 43.8 Å². The molecule has 0 radical (unpaired) electrons. The molecule has 1 aromatic heterocycles. The van der Waals surface area contributed by atoms with E-state index < -0.39 is 11.5 Å². The molecular weight excluding hydrogens is 278 g/mol. The lowest BCUT2D eigenvalue weighted by molar-refractivity contribution is -0.145. The molecule has 0 fully saturated rings. The Labute approximate surface area is 122 Å². The lowest BCUT2D eigenvalue weighted by Gasteiger charge is -2.27. The molecule has 1 rings (SSSR count). The van der Waals surface area contributed by atoms with Crippen molar-refractivity contribution in [3.05, 3.63) is 22.1 Å². The maximum atomic E-state index is 11.3. The van der Waals surface area contributed by atoms with Crippen LogP contribution in [0.1, 0.15) is 31.9 Å². The molecule has 0 spiro atoms. The van der Waals surface area contributed by atoms with E-state index in [1.807, 2.05) is 6.92 Å². The van der Waals surface area contributed by atoms with E-state index in [0.717, 1.165) is 6.42 Å². The van der Waals surface area contributed by atoms with Crippen LogP contribution in [0.5, 0.6) is 0 Å². The number of nitrogens with one attached hydrogen (secondary N) is 2. The molecule has 1 aromatic rings. The van der Waals surface area contributed by atoms with Gasteiger partial charge in [0.05, 0.1) is 0 Å². The van der Waals surface area contributed by atoms with Gasteiger partial charge in [-0.3, -0.25) is 9.59 Å². The summed E-state index contributed by atoms with van der Waals surface area (Å²) in [5, 5.41) is 12.8. The Hall–Kier alpha value is -1.34. The van der Waals surface area contributed by atoms with Gasteiger partial charge in [-0.1, -0.05) is 18.7 Å². The highest BCUT2D eigenvalue weighted by molar-refractivity contribution is 7.99. The molecule has 0 aromatic carbocycles. The predicted octanol–water partition coefficient (Wildman–Crippen LogP) is 1.40. The molecule has 1 unspecified atom stereocenters. The summed E-state index contributed by atoms with van der Waals surface area (Å²) >= 11 is 1.43. The Morgan fingerprint density at radius 3 is 2.80 bits per heavy atom. The first kappa shape index (κ1) is 16.7. The maximum Gasteiger partial charge on any atom is 0.323 e. The standard InChI is InChI=1S/C13H21N3O3S/c1-4-13(14-3,11(18)19)6-5-7-20-12-15-9(2)8-10(17)16-12/h8,14H,4-7H2,1-3H3,(H,18,19)(H,15,16,17). The molecule has 7 heteroatoms. The number of hydrogen-bond donors (Lipinski definition) is 3. The van der Waals surface area contributed by atoms with Gasteiger partial charge in [0.15, 0.2) is 5.16 Å². The van der Waals surface area contributed by atoms with E-state index in [2.05, 4.69) is 15.3 Å². The van der Waals surface area contributed by atoms with Gasteiger partial charge in [-0.2, -0.15) is 0 Å². The largest absolute Gasteiger partial charge is 0.480 e. The van der Waals surface area contributed by atoms with Crippen molar-refractivity contribution in [2.24, 2.45) is 0 Å². The van der Waals surface area contributed by atoms with Crippen LogP contribution < -0.4 is 10.9 Å². The molecule has 3 N–H and O–H groups in total. The lowest BCUT2D eigenvalue weighted by Crippen LogP contribution is -2.49. The van der Waals surface area contributed by atoms with Crippen molar-refractivity contribution in [3.63, 3.8) is 0 Å². The molecule has 6 nitrogen and oxygen atoms in total. The topological polar surface area (TPSA) is 95.1 Å². The molecule has 0 amide bonds. The summed E-state index contributed by atoms with van der Waals surface area (Å²) in [6.07, 6.45) is 1.80. The first-order valence-corrected chi connectivity index (χ1v) is 7.55. The number of carboxylic acids is 1. The van der Waals surface area contributed by atoms with Crippen molar-refractivity contribution in [1.29, 1.82) is 0 Å². The number of aromatic amines is 1. The number of H-pyrrole nitrogens is 1. The molecule has 0 bridgehead atoms. The Balaban J connectivity index is 2.52. The summed E-state index contributed by atoms with van der Waals surface area (Å²) in [5.74, 6) is -0.113. The third kappa shape index (κ3) is 4.35. The highest BCUT2D eigenvalue weighted by atomic mass is 32.2. The number of likely N-dealkylation sites (N-methyl/N-ethyl adjacent to an activating group) is 1. The lowest BCUT2D eigenvalue weighted by atomic mass is 9.91. The Bertz CT molecular complexity index is 512. The molecule has 112 valence electrons. The molecule has 1 heterocycles. The van der Waals surface area contributed by atoms with Crippen molar-refractivity contribution < 1.29 is 9.90 Å². The minimum Gasteiger partial charge on any atom is -0.480 e. The fourth-order valence-electron chi connectivity index (χ4n) is 2.01. The van der Waals surface area contributed by atoms with E-state index in [1.165, 1.54) is 17.8 Å². The number of carbonyl (C=O) groups is 1. The minimum atomic E-state index is -0.867. The predicted molar refractivity (Wildman–Crippen MR) is 79.3 cm³/mol. The quantitative estimate of drug-likeness (QED) is 0.381. The smallest absolute Gasteiger partial charge is 0.323 e. The first-order valence-electron chi connectivity index (χ1n) is 6.56. The fourth-order valence-corrected chi connectivity index (χ4v) is 2.87. The van der Waals surface area contributed by atoms with Gasteiger partial charge in [-0.25, -0.2) is 4.98 Å². The molecule has 0 saturated carbocycles. The molecule has 20 heavy (non-hydrogen) atoms. The van der Waals surface area contributed by atoms with Crippen LogP contribution in [0.15, 0.2) is 16.0 Å². The molecule has 1 atom stereocenters. The van der Waals surface area contributed by atoms with E-state index in [9.17, 15) is 14.7 Å². The zero-order valence-electron chi connectivity index (χ0n) is 12.0. The number of carboxylic acid groups (broad SMARTS) is 1. The van der Waals surface area contributed by atoms with Gasteiger partial charge in [0.25, 0.3) is 5.56 Å². The van der Waals surface area contributed by atoms with Gasteiger partial charge in [-0.05, 0) is 33.2 Å². The van der Waals surface area contributed by atoms with E-state index in [1.54, 1.807) is 14.0 Å². The van der Waals surface area contributed by atoms with Crippen molar-refractivity contribution in [1.82, 2.24) is 15.3 Å². The highest BCUT2D eigenvalue weighted by Crippen LogP contribution is 2.21. The second kappa shape index (κ2) is 7.44. The van der Waals surface area contributed by atoms with Gasteiger partial charge < -0.3 is 15.4 Å². The number of aromatic nitrogens is 2. The summed E-state index contributed by atoms with van der Waals surface area (Å²) in [6, 6.07) is 1.44. The monoisotopic (exact) mass is 299 g/mol. The van der Waals surface area contributed by atoms with Crippen molar-refractivity contribution in [3.8, 4) is 0 Å². The van der Waals surface area contributed by atoms with Gasteiger partial charge in [0.2, 0.25) is 0 Å². The summed E-state index contributed by atoms with van der Waals surface area (Å²) < 4.78 is 0. The Morgan fingerprint density at radius 2 is 2.30 bits per heavy atom. The summed E-state index contributed by atoms with van der Waals surface area (Å²) in [7, 11) is 1.67. The zero-order chi connectivity index (χ0) is 15.2. The molecule has 0 aliphatic heterocycles. The van der Waals surface area contributed by atoms with Gasteiger partial charge in [-0.15, -0.1) is 0 Å². The van der Waals surface area contributed by atoms with E-state index in [-0.39, 0.29) is 5.56 Å². The molecular formula is C13H21N3O3S. The maximum absolute atomic E-state index is 11.3. The van der Waals surface area contributed by atoms with Crippen LogP contribution >= 0.6 is 11.8 Å². The normalized spacial score (nSPS) is 13.9. The van der Waals surface area contributed by atoms with Crippen LogP contribution in [0.25, 0.3) is 0 Å². The summed E-state index contributed by atoms with van der Waals surface area (Å²) in [5.41, 5.74) is -0.350. The molecule has 0 aliphatic carbocycles.